The number of aliphatic hydroxyl groups is 1. The van der Waals surface area contributed by atoms with Crippen molar-refractivity contribution in [2.24, 2.45) is 0 Å². The monoisotopic (exact) mass is 428 g/mol. The van der Waals surface area contributed by atoms with Crippen molar-refractivity contribution in [3.8, 4) is 5.69 Å². The first-order chi connectivity index (χ1) is 14.6. The number of hydrogen-bond acceptors (Lipinski definition) is 7. The van der Waals surface area contributed by atoms with Crippen LogP contribution < -0.4 is 10.6 Å². The van der Waals surface area contributed by atoms with Crippen LogP contribution in [0.2, 0.25) is 0 Å². The summed E-state index contributed by atoms with van der Waals surface area (Å²) in [5.74, 6) is -1.62. The van der Waals surface area contributed by atoms with Gasteiger partial charge in [-0.25, -0.2) is 4.68 Å². The number of benzene rings is 2. The molecule has 0 radical (unpaired) electrons. The van der Waals surface area contributed by atoms with Gasteiger partial charge < -0.3 is 15.7 Å². The van der Waals surface area contributed by atoms with Crippen LogP contribution in [0.25, 0.3) is 16.7 Å². The second-order valence-corrected chi connectivity index (χ2v) is 7.27. The number of nitrogens with zero attached hydrogens (tertiary/aromatic N) is 4. The number of hydrogen-bond donors (Lipinski definition) is 3. The molecule has 30 heavy (non-hydrogen) atoms. The van der Waals surface area contributed by atoms with Gasteiger partial charge in [0.05, 0.1) is 23.9 Å². The Balaban J connectivity index is 1.72. The van der Waals surface area contributed by atoms with Crippen LogP contribution >= 0.6 is 11.8 Å². The standard InChI is InChI=1S/C20H18F2N6OS/c21-19(22)30-15-8-6-13(7-9-15)25-17-16-12-24-28(14-4-2-1-3-5-14)18(16)27-20(26-17)23-10-11-29/h1-9,12,19,29H,10-11H2,(H2,23,25,26,27). The van der Waals surface area contributed by atoms with Crippen molar-refractivity contribution in [2.75, 3.05) is 23.8 Å². The Hall–Kier alpha value is -3.24. The first-order valence-electron chi connectivity index (χ1n) is 9.12. The molecule has 4 rings (SSSR count). The van der Waals surface area contributed by atoms with Crippen molar-refractivity contribution < 1.29 is 13.9 Å². The topological polar surface area (TPSA) is 87.9 Å². The van der Waals surface area contributed by atoms with E-state index in [-0.39, 0.29) is 6.61 Å². The van der Waals surface area contributed by atoms with Gasteiger partial charge in [-0.05, 0) is 36.4 Å². The fraction of sp³-hybridized carbons (Fsp3) is 0.150. The molecule has 0 fully saturated rings. The first-order valence-corrected chi connectivity index (χ1v) is 10.00. The Morgan fingerprint density at radius 2 is 1.80 bits per heavy atom. The molecular formula is C20H18F2N6OS. The molecule has 0 amide bonds. The zero-order valence-corrected chi connectivity index (χ0v) is 16.5. The maximum atomic E-state index is 12.5. The zero-order valence-electron chi connectivity index (χ0n) is 15.7. The fourth-order valence-electron chi connectivity index (χ4n) is 2.86. The molecule has 0 saturated carbocycles. The maximum absolute atomic E-state index is 12.5. The highest BCUT2D eigenvalue weighted by molar-refractivity contribution is 7.99. The van der Waals surface area contributed by atoms with Gasteiger partial charge in [0.25, 0.3) is 5.76 Å². The molecule has 0 aliphatic heterocycles. The van der Waals surface area contributed by atoms with Crippen LogP contribution in [0.15, 0.2) is 65.7 Å². The van der Waals surface area contributed by atoms with E-state index in [0.29, 0.717) is 51.7 Å². The molecule has 10 heteroatoms. The van der Waals surface area contributed by atoms with Crippen molar-refractivity contribution in [3.63, 3.8) is 0 Å². The Morgan fingerprint density at radius 3 is 2.50 bits per heavy atom. The minimum Gasteiger partial charge on any atom is -0.395 e. The van der Waals surface area contributed by atoms with Gasteiger partial charge in [-0.15, -0.1) is 0 Å². The van der Waals surface area contributed by atoms with E-state index < -0.39 is 5.76 Å². The van der Waals surface area contributed by atoms with Gasteiger partial charge in [-0.3, -0.25) is 0 Å². The van der Waals surface area contributed by atoms with Crippen molar-refractivity contribution in [1.29, 1.82) is 0 Å². The smallest absolute Gasteiger partial charge is 0.288 e. The third kappa shape index (κ3) is 4.50. The molecule has 2 heterocycles. The van der Waals surface area contributed by atoms with Gasteiger partial charge in [0.15, 0.2) is 5.65 Å². The SMILES string of the molecule is OCCNc1nc(Nc2ccc(SC(F)F)cc2)c2cnn(-c3ccccc3)c2n1. The Morgan fingerprint density at radius 1 is 1.03 bits per heavy atom. The van der Waals surface area contributed by atoms with Crippen molar-refractivity contribution >= 4 is 40.2 Å². The minimum absolute atomic E-state index is 0.0641. The number of aromatic nitrogens is 4. The van der Waals surface area contributed by atoms with Crippen LogP contribution in [0, 0.1) is 0 Å². The van der Waals surface area contributed by atoms with Crippen molar-refractivity contribution in [3.05, 3.63) is 60.8 Å². The molecule has 7 nitrogen and oxygen atoms in total. The summed E-state index contributed by atoms with van der Waals surface area (Å²) in [7, 11) is 0. The molecule has 154 valence electrons. The maximum Gasteiger partial charge on any atom is 0.288 e. The summed E-state index contributed by atoms with van der Waals surface area (Å²) in [4.78, 5) is 9.50. The zero-order chi connectivity index (χ0) is 20.9. The molecule has 0 spiro atoms. The summed E-state index contributed by atoms with van der Waals surface area (Å²) in [6.45, 7) is 0.231. The first kappa shape index (κ1) is 20.0. The van der Waals surface area contributed by atoms with E-state index in [1.54, 1.807) is 35.1 Å². The fourth-order valence-corrected chi connectivity index (χ4v) is 3.36. The second kappa shape index (κ2) is 9.06. The lowest BCUT2D eigenvalue weighted by atomic mass is 10.3. The largest absolute Gasteiger partial charge is 0.395 e. The molecule has 0 unspecified atom stereocenters. The van der Waals surface area contributed by atoms with Crippen LogP contribution in [0.1, 0.15) is 0 Å². The molecule has 4 aromatic rings. The lowest BCUT2D eigenvalue weighted by Crippen LogP contribution is -2.10. The molecular weight excluding hydrogens is 410 g/mol. The van der Waals surface area contributed by atoms with Gasteiger partial charge in [0.2, 0.25) is 5.95 Å². The van der Waals surface area contributed by atoms with E-state index in [1.165, 1.54) is 0 Å². The van der Waals surface area contributed by atoms with Crippen LogP contribution in [-0.4, -0.2) is 43.8 Å². The van der Waals surface area contributed by atoms with E-state index in [2.05, 4.69) is 25.7 Å². The number of aliphatic hydroxyl groups excluding tert-OH is 1. The van der Waals surface area contributed by atoms with Crippen molar-refractivity contribution in [1.82, 2.24) is 19.7 Å². The highest BCUT2D eigenvalue weighted by atomic mass is 32.2. The minimum atomic E-state index is -2.46. The van der Waals surface area contributed by atoms with Gasteiger partial charge in [0.1, 0.15) is 5.82 Å². The number of thioether (sulfide) groups is 1. The Kier molecular flexibility index (Phi) is 6.05. The molecule has 0 bridgehead atoms. The van der Waals surface area contributed by atoms with Gasteiger partial charge >= 0.3 is 0 Å². The second-order valence-electron chi connectivity index (χ2n) is 6.20. The Bertz CT molecular complexity index is 1120. The van der Waals surface area contributed by atoms with E-state index in [0.717, 1.165) is 5.69 Å². The molecule has 0 aliphatic carbocycles. The third-order valence-electron chi connectivity index (χ3n) is 4.17. The summed E-state index contributed by atoms with van der Waals surface area (Å²) < 4.78 is 26.8. The number of halogens is 2. The summed E-state index contributed by atoms with van der Waals surface area (Å²) in [5, 5.41) is 20.4. The summed E-state index contributed by atoms with van der Waals surface area (Å²) in [6, 6.07) is 16.2. The quantitative estimate of drug-likeness (QED) is 0.361. The third-order valence-corrected chi connectivity index (χ3v) is 4.89. The number of alkyl halides is 2. The van der Waals surface area contributed by atoms with E-state index in [1.807, 2.05) is 30.3 Å². The van der Waals surface area contributed by atoms with Crippen LogP contribution in [-0.2, 0) is 0 Å². The van der Waals surface area contributed by atoms with Gasteiger partial charge in [-0.1, -0.05) is 30.0 Å². The summed E-state index contributed by atoms with van der Waals surface area (Å²) in [5.41, 5.74) is 2.12. The normalized spacial score (nSPS) is 11.2. The van der Waals surface area contributed by atoms with Crippen LogP contribution in [0.5, 0.6) is 0 Å². The average Bonchev–Trinajstić information content (AvgIpc) is 3.18. The van der Waals surface area contributed by atoms with Gasteiger partial charge in [-0.2, -0.15) is 23.8 Å². The lowest BCUT2D eigenvalue weighted by molar-refractivity contribution is 0.252. The Labute approximate surface area is 175 Å². The van der Waals surface area contributed by atoms with Crippen LogP contribution in [0.4, 0.5) is 26.2 Å². The molecule has 0 atom stereocenters. The predicted molar refractivity (Wildman–Crippen MR) is 114 cm³/mol. The van der Waals surface area contributed by atoms with E-state index in [9.17, 15) is 8.78 Å². The van der Waals surface area contributed by atoms with Crippen LogP contribution in [0.3, 0.4) is 0 Å². The van der Waals surface area contributed by atoms with E-state index in [4.69, 9.17) is 5.11 Å². The summed E-state index contributed by atoms with van der Waals surface area (Å²) >= 11 is 0.495. The highest BCUT2D eigenvalue weighted by Crippen LogP contribution is 2.29. The molecule has 2 aromatic carbocycles. The molecule has 2 aromatic heterocycles. The number of anilines is 3. The predicted octanol–water partition coefficient (Wildman–Crippen LogP) is 4.28. The lowest BCUT2D eigenvalue weighted by Gasteiger charge is -2.11. The van der Waals surface area contributed by atoms with Crippen molar-refractivity contribution in [2.45, 2.75) is 10.7 Å². The highest BCUT2D eigenvalue weighted by Gasteiger charge is 2.14. The van der Waals surface area contributed by atoms with E-state index >= 15 is 0 Å². The number of nitrogens with one attached hydrogen (secondary N) is 2. The number of para-hydroxylation sites is 1. The molecule has 0 saturated heterocycles. The molecule has 3 N–H and O–H groups in total. The molecule has 0 aliphatic rings. The average molecular weight is 428 g/mol. The number of fused-ring (bicyclic) bond motifs is 1. The summed E-state index contributed by atoms with van der Waals surface area (Å²) in [6.07, 6.45) is 1.67. The number of rotatable bonds is 8. The van der Waals surface area contributed by atoms with Gasteiger partial charge in [0, 0.05) is 17.1 Å².